The van der Waals surface area contributed by atoms with Gasteiger partial charge in [-0.1, -0.05) is 31.2 Å². The van der Waals surface area contributed by atoms with Gasteiger partial charge >= 0.3 is 0 Å². The fourth-order valence-electron chi connectivity index (χ4n) is 6.10. The highest BCUT2D eigenvalue weighted by atomic mass is 14.9. The Morgan fingerprint density at radius 1 is 1.05 bits per heavy atom. The van der Waals surface area contributed by atoms with Crippen LogP contribution in [0.5, 0.6) is 0 Å². The maximum atomic E-state index is 3.70. The predicted octanol–water partition coefficient (Wildman–Crippen LogP) is 4.58. The highest BCUT2D eigenvalue weighted by molar-refractivity contribution is 5.27. The van der Waals surface area contributed by atoms with E-state index >= 15 is 0 Å². The molecule has 0 spiro atoms. The highest BCUT2D eigenvalue weighted by Crippen LogP contribution is 2.59. The van der Waals surface area contributed by atoms with Crippen molar-refractivity contribution in [3.8, 4) is 0 Å². The Morgan fingerprint density at radius 2 is 1.71 bits per heavy atom. The molecule has 5 rings (SSSR count). The normalized spacial score (nSPS) is 38.7. The number of rotatable bonds is 4. The molecule has 4 aliphatic rings. The molecule has 0 aromatic heterocycles. The molecular formula is C20H29N. The van der Waals surface area contributed by atoms with E-state index in [-0.39, 0.29) is 0 Å². The van der Waals surface area contributed by atoms with E-state index in [4.69, 9.17) is 0 Å². The van der Waals surface area contributed by atoms with Gasteiger partial charge in [-0.05, 0) is 86.3 Å². The Balaban J connectivity index is 1.63. The molecule has 0 heterocycles. The van der Waals surface area contributed by atoms with Crippen LogP contribution < -0.4 is 5.32 Å². The highest BCUT2D eigenvalue weighted by Gasteiger charge is 2.50. The number of nitrogens with one attached hydrogen (secondary N) is 1. The van der Waals surface area contributed by atoms with E-state index in [0.29, 0.717) is 6.04 Å². The summed E-state index contributed by atoms with van der Waals surface area (Å²) in [6.45, 7) is 2.26. The van der Waals surface area contributed by atoms with Crippen molar-refractivity contribution in [3.05, 3.63) is 35.4 Å². The molecule has 1 atom stereocenters. The van der Waals surface area contributed by atoms with Gasteiger partial charge in [-0.2, -0.15) is 0 Å². The Labute approximate surface area is 129 Å². The van der Waals surface area contributed by atoms with E-state index in [2.05, 4.69) is 43.6 Å². The van der Waals surface area contributed by atoms with Gasteiger partial charge in [-0.25, -0.2) is 0 Å². The summed E-state index contributed by atoms with van der Waals surface area (Å²) in [5, 5.41) is 3.70. The van der Waals surface area contributed by atoms with Crippen LogP contribution in [-0.4, -0.2) is 7.05 Å². The van der Waals surface area contributed by atoms with Gasteiger partial charge in [-0.3, -0.25) is 0 Å². The molecule has 1 unspecified atom stereocenters. The van der Waals surface area contributed by atoms with Gasteiger partial charge in [0.25, 0.3) is 0 Å². The molecule has 1 aromatic carbocycles. The van der Waals surface area contributed by atoms with Gasteiger partial charge in [0.2, 0.25) is 0 Å². The Morgan fingerprint density at radius 3 is 2.29 bits per heavy atom. The summed E-state index contributed by atoms with van der Waals surface area (Å²) in [5.74, 6) is 5.01. The molecule has 1 aromatic rings. The van der Waals surface area contributed by atoms with E-state index < -0.39 is 0 Å². The maximum absolute atomic E-state index is 3.70. The minimum Gasteiger partial charge on any atom is -0.313 e. The second kappa shape index (κ2) is 5.43. The molecule has 0 amide bonds. The van der Waals surface area contributed by atoms with Gasteiger partial charge in [-0.15, -0.1) is 0 Å². The molecule has 1 nitrogen and oxygen atoms in total. The molecule has 21 heavy (non-hydrogen) atoms. The zero-order valence-corrected chi connectivity index (χ0v) is 13.5. The average molecular weight is 283 g/mol. The van der Waals surface area contributed by atoms with Crippen LogP contribution in [-0.2, 0) is 6.42 Å². The van der Waals surface area contributed by atoms with E-state index in [0.717, 1.165) is 36.0 Å². The third kappa shape index (κ3) is 2.34. The van der Waals surface area contributed by atoms with E-state index in [1.54, 1.807) is 6.42 Å². The minimum absolute atomic E-state index is 0.575. The molecule has 0 radical (unpaired) electrons. The Hall–Kier alpha value is -0.820. The average Bonchev–Trinajstić information content (AvgIpc) is 2.50. The van der Waals surface area contributed by atoms with Crippen LogP contribution >= 0.6 is 0 Å². The largest absolute Gasteiger partial charge is 0.313 e. The maximum Gasteiger partial charge on any atom is 0.0351 e. The Kier molecular flexibility index (Phi) is 3.57. The second-order valence-corrected chi connectivity index (χ2v) is 7.87. The summed E-state index contributed by atoms with van der Waals surface area (Å²) in [5.41, 5.74) is 3.02. The fraction of sp³-hybridized carbons (Fsp3) is 0.700. The van der Waals surface area contributed by atoms with Crippen molar-refractivity contribution in [2.75, 3.05) is 7.05 Å². The van der Waals surface area contributed by atoms with Crippen molar-refractivity contribution in [1.82, 2.24) is 5.32 Å². The molecule has 1 heteroatoms. The summed E-state index contributed by atoms with van der Waals surface area (Å²) in [6.07, 6.45) is 8.76. The molecule has 4 fully saturated rings. The van der Waals surface area contributed by atoms with E-state index in [9.17, 15) is 0 Å². The number of hydrogen-bond acceptors (Lipinski definition) is 1. The summed E-state index contributed by atoms with van der Waals surface area (Å²) >= 11 is 0. The van der Waals surface area contributed by atoms with Crippen LogP contribution in [0.3, 0.4) is 0 Å². The van der Waals surface area contributed by atoms with Crippen LogP contribution in [0, 0.1) is 29.6 Å². The molecule has 4 bridgehead atoms. The lowest BCUT2D eigenvalue weighted by Crippen LogP contribution is -2.49. The number of benzene rings is 1. The molecule has 4 aliphatic carbocycles. The third-order valence-corrected chi connectivity index (χ3v) is 6.71. The van der Waals surface area contributed by atoms with Gasteiger partial charge in [0.05, 0.1) is 0 Å². The van der Waals surface area contributed by atoms with Crippen molar-refractivity contribution in [1.29, 1.82) is 0 Å². The molecule has 0 saturated heterocycles. The van der Waals surface area contributed by atoms with Gasteiger partial charge in [0.1, 0.15) is 0 Å². The molecular weight excluding hydrogens is 254 g/mol. The lowest BCUT2D eigenvalue weighted by Gasteiger charge is -2.56. The fourth-order valence-corrected chi connectivity index (χ4v) is 6.10. The number of aryl methyl sites for hydroxylation is 1. The smallest absolute Gasteiger partial charge is 0.0351 e. The SMILES string of the molecule is CCc1cccc(C(NC)C2C3CC4CC(C3)CC2C4)c1. The first-order valence-electron chi connectivity index (χ1n) is 9.04. The van der Waals surface area contributed by atoms with Crippen molar-refractivity contribution < 1.29 is 0 Å². The van der Waals surface area contributed by atoms with E-state index in [1.807, 2.05) is 0 Å². The molecule has 114 valence electrons. The van der Waals surface area contributed by atoms with Gasteiger partial charge < -0.3 is 5.32 Å². The molecule has 0 aliphatic heterocycles. The van der Waals surface area contributed by atoms with E-state index in [1.165, 1.54) is 36.8 Å². The Bertz CT molecular complexity index is 478. The van der Waals surface area contributed by atoms with Crippen LogP contribution in [0.4, 0.5) is 0 Å². The first-order chi connectivity index (χ1) is 10.3. The van der Waals surface area contributed by atoms with Gasteiger partial charge in [0.15, 0.2) is 0 Å². The quantitative estimate of drug-likeness (QED) is 0.852. The summed E-state index contributed by atoms with van der Waals surface area (Å²) in [7, 11) is 2.17. The molecule has 1 N–H and O–H groups in total. The molecule has 4 saturated carbocycles. The van der Waals surface area contributed by atoms with Crippen LogP contribution in [0.15, 0.2) is 24.3 Å². The van der Waals surface area contributed by atoms with Crippen molar-refractivity contribution in [2.24, 2.45) is 29.6 Å². The lowest BCUT2D eigenvalue weighted by molar-refractivity contribution is -0.0515. The minimum atomic E-state index is 0.575. The van der Waals surface area contributed by atoms with Crippen molar-refractivity contribution >= 4 is 0 Å². The summed E-state index contributed by atoms with van der Waals surface area (Å²) in [6, 6.07) is 9.91. The van der Waals surface area contributed by atoms with Crippen LogP contribution in [0.2, 0.25) is 0 Å². The topological polar surface area (TPSA) is 12.0 Å². The van der Waals surface area contributed by atoms with Crippen LogP contribution in [0.1, 0.15) is 56.2 Å². The zero-order chi connectivity index (χ0) is 14.4. The lowest BCUT2D eigenvalue weighted by atomic mass is 9.50. The summed E-state index contributed by atoms with van der Waals surface area (Å²) in [4.78, 5) is 0. The predicted molar refractivity (Wildman–Crippen MR) is 88.2 cm³/mol. The van der Waals surface area contributed by atoms with Crippen LogP contribution in [0.25, 0.3) is 0 Å². The summed E-state index contributed by atoms with van der Waals surface area (Å²) < 4.78 is 0. The first-order valence-corrected chi connectivity index (χ1v) is 9.04. The first kappa shape index (κ1) is 13.8. The zero-order valence-electron chi connectivity index (χ0n) is 13.5. The van der Waals surface area contributed by atoms with Crippen molar-refractivity contribution in [2.45, 2.75) is 51.5 Å². The third-order valence-electron chi connectivity index (χ3n) is 6.71. The standard InChI is InChI=1S/C20H29N/c1-3-13-5-4-6-16(8-13)20(21-2)19-17-9-14-7-15(11-17)12-18(19)10-14/h4-6,8,14-15,17-21H,3,7,9-12H2,1-2H3. The van der Waals surface area contributed by atoms with Crippen molar-refractivity contribution in [3.63, 3.8) is 0 Å². The van der Waals surface area contributed by atoms with Gasteiger partial charge in [0, 0.05) is 6.04 Å². The number of hydrogen-bond donors (Lipinski definition) is 1. The second-order valence-electron chi connectivity index (χ2n) is 7.87. The monoisotopic (exact) mass is 283 g/mol.